The van der Waals surface area contributed by atoms with Gasteiger partial charge in [-0.3, -0.25) is 0 Å². The molecular weight excluding hydrogens is 264 g/mol. The highest BCUT2D eigenvalue weighted by Crippen LogP contribution is 2.26. The molecule has 0 amide bonds. The van der Waals surface area contributed by atoms with Gasteiger partial charge in [0.05, 0.1) is 5.69 Å². The number of hydrogen-bond acceptors (Lipinski definition) is 3. The van der Waals surface area contributed by atoms with Crippen LogP contribution in [0.4, 0.5) is 0 Å². The third-order valence-electron chi connectivity index (χ3n) is 3.30. The van der Waals surface area contributed by atoms with Crippen LogP contribution in [0.25, 0.3) is 11.3 Å². The molecule has 0 bridgehead atoms. The minimum Gasteiger partial charge on any atom is -0.310 e. The molecule has 0 aliphatic rings. The third-order valence-corrected chi connectivity index (χ3v) is 4.15. The molecule has 0 aliphatic carbocycles. The van der Waals surface area contributed by atoms with Crippen LogP contribution in [0.1, 0.15) is 44.7 Å². The summed E-state index contributed by atoms with van der Waals surface area (Å²) in [6.45, 7) is 10.8. The van der Waals surface area contributed by atoms with Crippen LogP contribution in [-0.2, 0) is 12.0 Å². The van der Waals surface area contributed by atoms with Gasteiger partial charge in [0.2, 0.25) is 0 Å². The van der Waals surface area contributed by atoms with Gasteiger partial charge in [0.1, 0.15) is 5.01 Å². The zero-order valence-electron chi connectivity index (χ0n) is 12.9. The maximum atomic E-state index is 4.70. The highest BCUT2D eigenvalue weighted by molar-refractivity contribution is 7.09. The smallest absolute Gasteiger partial charge is 0.107 e. The highest BCUT2D eigenvalue weighted by atomic mass is 32.1. The fourth-order valence-corrected chi connectivity index (χ4v) is 2.81. The van der Waals surface area contributed by atoms with Gasteiger partial charge in [0.25, 0.3) is 0 Å². The zero-order valence-corrected chi connectivity index (χ0v) is 13.7. The molecule has 2 aromatic rings. The Kier molecular flexibility index (Phi) is 4.95. The summed E-state index contributed by atoms with van der Waals surface area (Å²) < 4.78 is 0. The molecule has 1 heterocycles. The van der Waals surface area contributed by atoms with Crippen molar-refractivity contribution in [1.29, 1.82) is 0 Å². The second kappa shape index (κ2) is 6.51. The van der Waals surface area contributed by atoms with Crippen molar-refractivity contribution in [3.8, 4) is 11.3 Å². The Morgan fingerprint density at radius 1 is 1.15 bits per heavy atom. The first kappa shape index (κ1) is 15.2. The quantitative estimate of drug-likeness (QED) is 0.813. The summed E-state index contributed by atoms with van der Waals surface area (Å²) in [6.07, 6.45) is 1.16. The Balaban J connectivity index is 2.08. The Bertz CT molecular complexity index is 535. The van der Waals surface area contributed by atoms with Crippen molar-refractivity contribution >= 4 is 11.3 Å². The second-order valence-electron chi connectivity index (χ2n) is 6.13. The van der Waals surface area contributed by atoms with Crippen LogP contribution in [0.15, 0.2) is 29.6 Å². The predicted molar refractivity (Wildman–Crippen MR) is 88.2 cm³/mol. The predicted octanol–water partition coefficient (Wildman–Crippen LogP) is 4.61. The van der Waals surface area contributed by atoms with E-state index < -0.39 is 0 Å². The van der Waals surface area contributed by atoms with Gasteiger partial charge in [-0.1, -0.05) is 52.0 Å². The van der Waals surface area contributed by atoms with Crippen LogP contribution in [0.3, 0.4) is 0 Å². The van der Waals surface area contributed by atoms with Gasteiger partial charge in [0, 0.05) is 17.5 Å². The van der Waals surface area contributed by atoms with E-state index in [1.807, 2.05) is 0 Å². The Hall–Kier alpha value is -1.19. The van der Waals surface area contributed by atoms with Gasteiger partial charge in [-0.2, -0.15) is 0 Å². The van der Waals surface area contributed by atoms with Gasteiger partial charge in [-0.15, -0.1) is 11.3 Å². The highest BCUT2D eigenvalue weighted by Gasteiger charge is 2.13. The molecular formula is C17H24N2S. The summed E-state index contributed by atoms with van der Waals surface area (Å²) in [7, 11) is 0. The van der Waals surface area contributed by atoms with Crippen LogP contribution in [0.2, 0.25) is 0 Å². The number of aromatic nitrogens is 1. The van der Waals surface area contributed by atoms with E-state index in [2.05, 4.69) is 62.7 Å². The molecule has 1 aromatic carbocycles. The van der Waals surface area contributed by atoms with Crippen LogP contribution in [0, 0.1) is 0 Å². The zero-order chi connectivity index (χ0) is 14.6. The number of thiazole rings is 1. The van der Waals surface area contributed by atoms with Crippen molar-refractivity contribution in [2.45, 2.75) is 46.1 Å². The maximum absolute atomic E-state index is 4.70. The van der Waals surface area contributed by atoms with Crippen molar-refractivity contribution in [2.24, 2.45) is 0 Å². The van der Waals surface area contributed by atoms with Gasteiger partial charge in [-0.05, 0) is 23.9 Å². The molecule has 0 unspecified atom stereocenters. The molecule has 3 heteroatoms. The lowest BCUT2D eigenvalue weighted by molar-refractivity contribution is 0.590. The lowest BCUT2D eigenvalue weighted by Crippen LogP contribution is -2.13. The fourth-order valence-electron chi connectivity index (χ4n) is 2.04. The lowest BCUT2D eigenvalue weighted by Gasteiger charge is -2.18. The Morgan fingerprint density at radius 2 is 1.85 bits per heavy atom. The van der Waals surface area contributed by atoms with E-state index in [0.29, 0.717) is 0 Å². The van der Waals surface area contributed by atoms with E-state index in [4.69, 9.17) is 4.98 Å². The molecule has 0 saturated carbocycles. The van der Waals surface area contributed by atoms with Gasteiger partial charge >= 0.3 is 0 Å². The Morgan fingerprint density at radius 3 is 2.45 bits per heavy atom. The van der Waals surface area contributed by atoms with Gasteiger partial charge in [-0.25, -0.2) is 4.98 Å². The van der Waals surface area contributed by atoms with E-state index in [0.717, 1.165) is 30.2 Å². The van der Waals surface area contributed by atoms with E-state index >= 15 is 0 Å². The lowest BCUT2D eigenvalue weighted by atomic mass is 9.86. The first-order chi connectivity index (χ1) is 9.50. The summed E-state index contributed by atoms with van der Waals surface area (Å²) in [4.78, 5) is 4.70. The monoisotopic (exact) mass is 288 g/mol. The number of rotatable bonds is 5. The molecule has 20 heavy (non-hydrogen) atoms. The van der Waals surface area contributed by atoms with Crippen molar-refractivity contribution < 1.29 is 0 Å². The summed E-state index contributed by atoms with van der Waals surface area (Å²) in [5, 5.41) is 6.70. The standard InChI is InChI=1S/C17H24N2S/c1-5-10-18-11-16-19-15(12-20-16)13-6-8-14(9-7-13)17(2,3)4/h6-9,12,18H,5,10-11H2,1-4H3. The molecule has 0 atom stereocenters. The minimum absolute atomic E-state index is 0.204. The SMILES string of the molecule is CCCNCc1nc(-c2ccc(C(C)(C)C)cc2)cs1. The molecule has 0 spiro atoms. The summed E-state index contributed by atoms with van der Waals surface area (Å²) in [5.74, 6) is 0. The second-order valence-corrected chi connectivity index (χ2v) is 7.07. The van der Waals surface area contributed by atoms with Crippen molar-refractivity contribution in [2.75, 3.05) is 6.54 Å². The largest absolute Gasteiger partial charge is 0.310 e. The molecule has 1 N–H and O–H groups in total. The maximum Gasteiger partial charge on any atom is 0.107 e. The van der Waals surface area contributed by atoms with Crippen molar-refractivity contribution in [1.82, 2.24) is 10.3 Å². The topological polar surface area (TPSA) is 24.9 Å². The molecule has 2 rings (SSSR count). The third kappa shape index (κ3) is 3.90. The van der Waals surface area contributed by atoms with E-state index in [9.17, 15) is 0 Å². The van der Waals surface area contributed by atoms with Crippen LogP contribution < -0.4 is 5.32 Å². The van der Waals surface area contributed by atoms with E-state index in [-0.39, 0.29) is 5.41 Å². The molecule has 108 valence electrons. The molecule has 0 fully saturated rings. The number of hydrogen-bond donors (Lipinski definition) is 1. The molecule has 0 radical (unpaired) electrons. The Labute approximate surface area is 126 Å². The van der Waals surface area contributed by atoms with Crippen molar-refractivity contribution in [3.05, 3.63) is 40.2 Å². The van der Waals surface area contributed by atoms with Crippen LogP contribution in [-0.4, -0.2) is 11.5 Å². The minimum atomic E-state index is 0.204. The summed E-state index contributed by atoms with van der Waals surface area (Å²) in [6, 6.07) is 8.78. The average Bonchev–Trinajstić information content (AvgIpc) is 2.87. The van der Waals surface area contributed by atoms with E-state index in [1.54, 1.807) is 11.3 Å². The fraction of sp³-hybridized carbons (Fsp3) is 0.471. The first-order valence-corrected chi connectivity index (χ1v) is 8.14. The molecule has 1 aromatic heterocycles. The number of benzene rings is 1. The van der Waals surface area contributed by atoms with Crippen LogP contribution >= 0.6 is 11.3 Å². The summed E-state index contributed by atoms with van der Waals surface area (Å²) >= 11 is 1.73. The first-order valence-electron chi connectivity index (χ1n) is 7.26. The van der Waals surface area contributed by atoms with E-state index in [1.165, 1.54) is 11.1 Å². The van der Waals surface area contributed by atoms with Gasteiger partial charge < -0.3 is 5.32 Å². The van der Waals surface area contributed by atoms with Crippen LogP contribution in [0.5, 0.6) is 0 Å². The molecule has 0 aliphatic heterocycles. The molecule has 2 nitrogen and oxygen atoms in total. The van der Waals surface area contributed by atoms with Gasteiger partial charge in [0.15, 0.2) is 0 Å². The average molecular weight is 288 g/mol. The number of nitrogens with zero attached hydrogens (tertiary/aromatic N) is 1. The van der Waals surface area contributed by atoms with Crippen molar-refractivity contribution in [3.63, 3.8) is 0 Å². The summed E-state index contributed by atoms with van der Waals surface area (Å²) in [5.41, 5.74) is 3.86. The molecule has 0 saturated heterocycles. The number of nitrogens with one attached hydrogen (secondary N) is 1. The normalized spacial score (nSPS) is 11.8.